The Balaban J connectivity index is 1.17. The predicted molar refractivity (Wildman–Crippen MR) is 116 cm³/mol. The molecule has 1 amide bonds. The molecular weight excluding hydrogens is 378 g/mol. The summed E-state index contributed by atoms with van der Waals surface area (Å²) in [7, 11) is 0. The molecule has 3 fully saturated rings. The Morgan fingerprint density at radius 2 is 1.83 bits per heavy atom. The van der Waals surface area contributed by atoms with Crippen molar-refractivity contribution < 1.29 is 14.6 Å². The Labute approximate surface area is 179 Å². The van der Waals surface area contributed by atoms with E-state index < -0.39 is 6.23 Å². The van der Waals surface area contributed by atoms with Crippen LogP contribution in [-0.2, 0) is 10.2 Å². The van der Waals surface area contributed by atoms with E-state index >= 15 is 0 Å². The largest absolute Gasteiger partial charge is 0.450 e. The Bertz CT molecular complexity index is 782. The van der Waals surface area contributed by atoms with Crippen LogP contribution >= 0.6 is 0 Å². The number of hydrogen-bond acceptors (Lipinski definition) is 5. The van der Waals surface area contributed by atoms with Crippen LogP contribution in [0.2, 0.25) is 0 Å². The number of carbonyl (C=O) groups is 1. The van der Waals surface area contributed by atoms with Crippen molar-refractivity contribution >= 4 is 11.8 Å². The van der Waals surface area contributed by atoms with E-state index in [1.807, 2.05) is 17.9 Å². The van der Waals surface area contributed by atoms with Gasteiger partial charge in [0.15, 0.2) is 0 Å². The second-order valence-corrected chi connectivity index (χ2v) is 9.89. The maximum absolute atomic E-state index is 12.1. The highest BCUT2D eigenvalue weighted by atomic mass is 16.6. The van der Waals surface area contributed by atoms with Crippen molar-refractivity contribution in [2.75, 3.05) is 38.1 Å². The third-order valence-electron chi connectivity index (χ3n) is 8.47. The molecule has 1 aromatic carbocycles. The van der Waals surface area contributed by atoms with Gasteiger partial charge in [-0.05, 0) is 82.0 Å². The summed E-state index contributed by atoms with van der Waals surface area (Å²) in [6.07, 6.45) is 7.25. The highest BCUT2D eigenvalue weighted by Gasteiger charge is 2.49. The van der Waals surface area contributed by atoms with Gasteiger partial charge in [-0.1, -0.05) is 18.2 Å². The highest BCUT2D eigenvalue weighted by molar-refractivity contribution is 5.68. The van der Waals surface area contributed by atoms with Gasteiger partial charge in [0.2, 0.25) is 0 Å². The van der Waals surface area contributed by atoms with E-state index in [2.05, 4.69) is 28.4 Å². The lowest BCUT2D eigenvalue weighted by Gasteiger charge is -2.47. The van der Waals surface area contributed by atoms with Gasteiger partial charge in [-0.3, -0.25) is 0 Å². The van der Waals surface area contributed by atoms with Crippen LogP contribution in [-0.4, -0.2) is 66.1 Å². The predicted octanol–water partition coefficient (Wildman–Crippen LogP) is 3.56. The molecule has 0 aromatic heterocycles. The van der Waals surface area contributed by atoms with E-state index in [1.165, 1.54) is 18.4 Å². The fourth-order valence-electron chi connectivity index (χ4n) is 6.58. The summed E-state index contributed by atoms with van der Waals surface area (Å²) in [4.78, 5) is 16.7. The average Bonchev–Trinajstić information content (AvgIpc) is 3.30. The number of nitrogens with zero attached hydrogens (tertiary/aromatic N) is 2. The Hall–Kier alpha value is -1.79. The SMILES string of the molecule is CCOC(=O)N1CCC2(CCN(C3CCC4(CC3)c3ccccc3NC4O)CC2)C1. The number of fused-ring (bicyclic) bond motifs is 2. The minimum Gasteiger partial charge on any atom is -0.450 e. The molecule has 0 radical (unpaired) electrons. The maximum Gasteiger partial charge on any atom is 0.409 e. The van der Waals surface area contributed by atoms with E-state index in [0.717, 1.165) is 64.0 Å². The first-order valence-corrected chi connectivity index (χ1v) is 11.8. The van der Waals surface area contributed by atoms with Gasteiger partial charge < -0.3 is 25.0 Å². The highest BCUT2D eigenvalue weighted by Crippen LogP contribution is 2.50. The van der Waals surface area contributed by atoms with Crippen LogP contribution < -0.4 is 5.32 Å². The first-order chi connectivity index (χ1) is 14.6. The molecule has 164 valence electrons. The number of aliphatic hydroxyl groups is 1. The molecule has 3 aliphatic heterocycles. The van der Waals surface area contributed by atoms with Crippen LogP contribution in [0.25, 0.3) is 0 Å². The summed E-state index contributed by atoms with van der Waals surface area (Å²) < 4.78 is 5.21. The molecule has 1 aromatic rings. The zero-order chi connectivity index (χ0) is 20.8. The molecule has 2 saturated heterocycles. The van der Waals surface area contributed by atoms with Crippen molar-refractivity contribution in [3.63, 3.8) is 0 Å². The summed E-state index contributed by atoms with van der Waals surface area (Å²) in [5.41, 5.74) is 2.59. The number of hydrogen-bond donors (Lipinski definition) is 2. The Kier molecular flexibility index (Phi) is 5.18. The fourth-order valence-corrected chi connectivity index (χ4v) is 6.58. The number of carbonyl (C=O) groups excluding carboxylic acids is 1. The Morgan fingerprint density at radius 3 is 2.57 bits per heavy atom. The molecule has 2 spiro atoms. The lowest BCUT2D eigenvalue weighted by molar-refractivity contribution is 0.0251. The first-order valence-electron chi connectivity index (χ1n) is 11.8. The van der Waals surface area contributed by atoms with E-state index in [1.54, 1.807) is 0 Å². The number of benzene rings is 1. The molecule has 4 aliphatic rings. The number of anilines is 1. The molecule has 6 heteroatoms. The number of piperidine rings is 1. The normalized spacial score (nSPS) is 32.9. The summed E-state index contributed by atoms with van der Waals surface area (Å²) in [6, 6.07) is 9.04. The van der Waals surface area contributed by atoms with Crippen molar-refractivity contribution in [3.05, 3.63) is 29.8 Å². The van der Waals surface area contributed by atoms with Crippen LogP contribution in [0.1, 0.15) is 57.4 Å². The monoisotopic (exact) mass is 413 g/mol. The topological polar surface area (TPSA) is 65.0 Å². The van der Waals surface area contributed by atoms with E-state index in [4.69, 9.17) is 4.74 Å². The number of rotatable bonds is 2. The van der Waals surface area contributed by atoms with Gasteiger partial charge in [0.05, 0.1) is 6.61 Å². The van der Waals surface area contributed by atoms with E-state index in [0.29, 0.717) is 18.1 Å². The molecule has 6 nitrogen and oxygen atoms in total. The number of aliphatic hydroxyl groups excluding tert-OH is 1. The second-order valence-electron chi connectivity index (χ2n) is 9.89. The quantitative estimate of drug-likeness (QED) is 0.776. The molecule has 30 heavy (non-hydrogen) atoms. The van der Waals surface area contributed by atoms with Crippen LogP contribution in [0.3, 0.4) is 0 Å². The molecule has 1 unspecified atom stereocenters. The number of ether oxygens (including phenoxy) is 1. The van der Waals surface area contributed by atoms with Gasteiger partial charge in [0.1, 0.15) is 6.23 Å². The second kappa shape index (κ2) is 7.72. The minimum atomic E-state index is -0.465. The van der Waals surface area contributed by atoms with Crippen molar-refractivity contribution in [2.45, 2.75) is 69.6 Å². The third kappa shape index (κ3) is 3.28. The van der Waals surface area contributed by atoms with Crippen LogP contribution in [0.15, 0.2) is 24.3 Å². The number of nitrogens with one attached hydrogen (secondary N) is 1. The average molecular weight is 414 g/mol. The molecule has 1 atom stereocenters. The zero-order valence-corrected chi connectivity index (χ0v) is 18.1. The smallest absolute Gasteiger partial charge is 0.409 e. The first kappa shape index (κ1) is 20.1. The molecule has 2 N–H and O–H groups in total. The molecule has 1 aliphatic carbocycles. The number of amides is 1. The van der Waals surface area contributed by atoms with Gasteiger partial charge in [-0.25, -0.2) is 4.79 Å². The zero-order valence-electron chi connectivity index (χ0n) is 18.1. The minimum absolute atomic E-state index is 0.115. The molecule has 3 heterocycles. The molecular formula is C24H35N3O3. The van der Waals surface area contributed by atoms with E-state index in [9.17, 15) is 9.90 Å². The van der Waals surface area contributed by atoms with Crippen molar-refractivity contribution in [1.29, 1.82) is 0 Å². The van der Waals surface area contributed by atoms with Gasteiger partial charge >= 0.3 is 6.09 Å². The standard InChI is InChI=1S/C24H35N3O3/c1-2-30-22(29)27-16-13-23(17-27)11-14-26(15-12-23)18-7-9-24(10-8-18)19-5-3-4-6-20(19)25-21(24)28/h3-6,18,21,25,28H,2,7-17H2,1H3. The maximum atomic E-state index is 12.1. The van der Waals surface area contributed by atoms with Crippen molar-refractivity contribution in [2.24, 2.45) is 5.41 Å². The molecule has 1 saturated carbocycles. The summed E-state index contributed by atoms with van der Waals surface area (Å²) in [6.45, 7) is 6.29. The van der Waals surface area contributed by atoms with Crippen LogP contribution in [0, 0.1) is 5.41 Å². The summed E-state index contributed by atoms with van der Waals surface area (Å²) in [5.74, 6) is 0. The van der Waals surface area contributed by atoms with Crippen LogP contribution in [0.4, 0.5) is 10.5 Å². The fraction of sp³-hybridized carbons (Fsp3) is 0.708. The molecule has 5 rings (SSSR count). The number of likely N-dealkylation sites (tertiary alicyclic amines) is 2. The van der Waals surface area contributed by atoms with Gasteiger partial charge in [0, 0.05) is 30.2 Å². The Morgan fingerprint density at radius 1 is 1.13 bits per heavy atom. The van der Waals surface area contributed by atoms with Crippen LogP contribution in [0.5, 0.6) is 0 Å². The van der Waals surface area contributed by atoms with Gasteiger partial charge in [-0.2, -0.15) is 0 Å². The van der Waals surface area contributed by atoms with Crippen molar-refractivity contribution in [3.8, 4) is 0 Å². The van der Waals surface area contributed by atoms with Crippen molar-refractivity contribution in [1.82, 2.24) is 9.80 Å². The van der Waals surface area contributed by atoms with Gasteiger partial charge in [-0.15, -0.1) is 0 Å². The lowest BCUT2D eigenvalue weighted by atomic mass is 9.67. The summed E-state index contributed by atoms with van der Waals surface area (Å²) >= 11 is 0. The number of para-hydroxylation sites is 1. The van der Waals surface area contributed by atoms with Gasteiger partial charge in [0.25, 0.3) is 0 Å². The van der Waals surface area contributed by atoms with E-state index in [-0.39, 0.29) is 11.5 Å². The lowest BCUT2D eigenvalue weighted by Crippen LogP contribution is -2.50. The molecule has 0 bridgehead atoms. The summed E-state index contributed by atoms with van der Waals surface area (Å²) in [5, 5.41) is 14.1. The third-order valence-corrected chi connectivity index (χ3v) is 8.47.